The number of hydrogen-bond donors (Lipinski definition) is 3. The maximum atomic E-state index is 13.1. The Morgan fingerprint density at radius 1 is 0.276 bits per heavy atom. The van der Waals surface area contributed by atoms with E-state index in [4.69, 9.17) is 37.0 Å². The summed E-state index contributed by atoms with van der Waals surface area (Å²) in [5, 5.41) is 10.6. The molecular weight excluding hydrogens is 1280 g/mol. The molecule has 0 amide bonds. The van der Waals surface area contributed by atoms with Crippen LogP contribution in [0.5, 0.6) is 0 Å². The molecule has 98 heavy (non-hydrogen) atoms. The topological polar surface area (TPSA) is 237 Å². The molecule has 0 rings (SSSR count). The maximum absolute atomic E-state index is 13.1. The third-order valence-electron chi connectivity index (χ3n) is 18.5. The number of ether oxygens (including phenoxy) is 4. The van der Waals surface area contributed by atoms with Crippen molar-refractivity contribution >= 4 is 39.5 Å². The highest BCUT2D eigenvalue weighted by atomic mass is 31.2. The molecule has 0 aliphatic carbocycles. The number of unbranched alkanes of at least 4 members (excludes halogenated alkanes) is 51. The van der Waals surface area contributed by atoms with E-state index in [9.17, 15) is 43.2 Å². The fourth-order valence-electron chi connectivity index (χ4n) is 12.2. The van der Waals surface area contributed by atoms with Gasteiger partial charge in [0, 0.05) is 25.7 Å². The van der Waals surface area contributed by atoms with Gasteiger partial charge in [0.15, 0.2) is 12.2 Å². The highest BCUT2D eigenvalue weighted by molar-refractivity contribution is 7.47. The van der Waals surface area contributed by atoms with Gasteiger partial charge < -0.3 is 33.8 Å². The lowest BCUT2D eigenvalue weighted by Gasteiger charge is -2.21. The molecule has 0 aromatic carbocycles. The molecule has 19 heteroatoms. The minimum atomic E-state index is -4.96. The molecule has 5 atom stereocenters. The van der Waals surface area contributed by atoms with E-state index in [2.05, 4.69) is 34.6 Å². The molecule has 0 aromatic rings. The molecule has 17 nitrogen and oxygen atoms in total. The average Bonchev–Trinajstić information content (AvgIpc) is 1.18. The molecule has 0 heterocycles. The lowest BCUT2D eigenvalue weighted by atomic mass is 10.0. The monoisotopic (exact) mass is 1440 g/mol. The molecule has 0 saturated carbocycles. The highest BCUT2D eigenvalue weighted by Crippen LogP contribution is 2.45. The van der Waals surface area contributed by atoms with Crippen LogP contribution in [-0.2, 0) is 65.4 Å². The fourth-order valence-corrected chi connectivity index (χ4v) is 13.8. The first-order valence-corrected chi connectivity index (χ1v) is 44.1. The van der Waals surface area contributed by atoms with E-state index in [1.54, 1.807) is 0 Å². The quantitative estimate of drug-likeness (QED) is 0.0222. The second-order valence-corrected chi connectivity index (χ2v) is 31.8. The van der Waals surface area contributed by atoms with Crippen LogP contribution in [0.2, 0.25) is 0 Å². The molecule has 582 valence electrons. The lowest BCUT2D eigenvalue weighted by molar-refractivity contribution is -0.161. The molecule has 0 saturated heterocycles. The van der Waals surface area contributed by atoms with E-state index >= 15 is 0 Å². The minimum absolute atomic E-state index is 0.107. The van der Waals surface area contributed by atoms with Gasteiger partial charge in [-0.3, -0.25) is 37.3 Å². The fraction of sp³-hybridized carbons (Fsp3) is 0.949. The van der Waals surface area contributed by atoms with E-state index in [0.29, 0.717) is 31.6 Å². The Kier molecular flexibility index (Phi) is 70.6. The Labute approximate surface area is 600 Å². The van der Waals surface area contributed by atoms with Crippen molar-refractivity contribution in [1.82, 2.24) is 0 Å². The van der Waals surface area contributed by atoms with Crippen LogP contribution in [0.15, 0.2) is 0 Å². The second-order valence-electron chi connectivity index (χ2n) is 28.9. The highest BCUT2D eigenvalue weighted by Gasteiger charge is 2.30. The summed E-state index contributed by atoms with van der Waals surface area (Å²) in [5.41, 5.74) is 0. The van der Waals surface area contributed by atoms with Gasteiger partial charge in [-0.25, -0.2) is 9.13 Å². The summed E-state index contributed by atoms with van der Waals surface area (Å²) in [7, 11) is -9.91. The van der Waals surface area contributed by atoms with E-state index < -0.39 is 97.5 Å². The number of carbonyl (C=O) groups is 4. The van der Waals surface area contributed by atoms with Crippen molar-refractivity contribution in [1.29, 1.82) is 0 Å². The zero-order valence-electron chi connectivity index (χ0n) is 63.9. The Morgan fingerprint density at radius 3 is 0.694 bits per heavy atom. The van der Waals surface area contributed by atoms with Crippen molar-refractivity contribution < 1.29 is 80.2 Å². The first kappa shape index (κ1) is 96.1. The number of hydrogen-bond acceptors (Lipinski definition) is 15. The van der Waals surface area contributed by atoms with Crippen molar-refractivity contribution in [2.75, 3.05) is 39.6 Å². The molecule has 0 aliphatic heterocycles. The number of esters is 4. The van der Waals surface area contributed by atoms with Crippen LogP contribution < -0.4 is 0 Å². The molecule has 0 aliphatic rings. The summed E-state index contributed by atoms with van der Waals surface area (Å²) in [4.78, 5) is 72.9. The summed E-state index contributed by atoms with van der Waals surface area (Å²) in [6, 6.07) is 0. The van der Waals surface area contributed by atoms with E-state index in [0.717, 1.165) is 96.3 Å². The van der Waals surface area contributed by atoms with Crippen molar-refractivity contribution in [3.8, 4) is 0 Å². The van der Waals surface area contributed by atoms with Gasteiger partial charge in [-0.15, -0.1) is 0 Å². The van der Waals surface area contributed by atoms with Gasteiger partial charge in [0.1, 0.15) is 19.3 Å². The second kappa shape index (κ2) is 72.0. The molecule has 2 unspecified atom stereocenters. The Morgan fingerprint density at radius 2 is 0.469 bits per heavy atom. The first-order valence-electron chi connectivity index (χ1n) is 41.1. The van der Waals surface area contributed by atoms with Crippen molar-refractivity contribution in [2.24, 2.45) is 5.92 Å². The third kappa shape index (κ3) is 72.4. The van der Waals surface area contributed by atoms with Crippen LogP contribution in [0.25, 0.3) is 0 Å². The van der Waals surface area contributed by atoms with Crippen LogP contribution in [0.1, 0.15) is 420 Å². The van der Waals surface area contributed by atoms with Gasteiger partial charge in [-0.2, -0.15) is 0 Å². The molecule has 0 spiro atoms. The first-order chi connectivity index (χ1) is 47.5. The van der Waals surface area contributed by atoms with Crippen LogP contribution in [0.4, 0.5) is 0 Å². The minimum Gasteiger partial charge on any atom is -0.462 e. The Hall–Kier alpha value is -1.94. The van der Waals surface area contributed by atoms with E-state index in [1.807, 2.05) is 0 Å². The molecular formula is C79H154O17P2. The molecule has 0 radical (unpaired) electrons. The zero-order valence-corrected chi connectivity index (χ0v) is 65.7. The number of phosphoric acid groups is 2. The van der Waals surface area contributed by atoms with Crippen molar-refractivity contribution in [2.45, 2.75) is 438 Å². The summed E-state index contributed by atoms with van der Waals surface area (Å²) in [6.07, 6.45) is 62.5. The third-order valence-corrected chi connectivity index (χ3v) is 20.4. The number of phosphoric ester groups is 2. The van der Waals surface area contributed by atoms with Crippen LogP contribution in [0.3, 0.4) is 0 Å². The lowest BCUT2D eigenvalue weighted by Crippen LogP contribution is -2.30. The number of aliphatic hydroxyl groups excluding tert-OH is 1. The predicted octanol–water partition coefficient (Wildman–Crippen LogP) is 23.6. The summed E-state index contributed by atoms with van der Waals surface area (Å²) < 4.78 is 68.6. The number of carbonyl (C=O) groups excluding carboxylic acids is 4. The maximum Gasteiger partial charge on any atom is 0.472 e. The van der Waals surface area contributed by atoms with E-state index in [1.165, 1.54) is 238 Å². The number of rotatable bonds is 79. The zero-order chi connectivity index (χ0) is 71.9. The Balaban J connectivity index is 5.22. The van der Waals surface area contributed by atoms with Gasteiger partial charge in [0.05, 0.1) is 26.4 Å². The summed E-state index contributed by atoms with van der Waals surface area (Å²) in [5.74, 6) is -1.40. The van der Waals surface area contributed by atoms with Crippen molar-refractivity contribution in [3.05, 3.63) is 0 Å². The number of aliphatic hydroxyl groups is 1. The van der Waals surface area contributed by atoms with Gasteiger partial charge in [0.2, 0.25) is 0 Å². The molecule has 0 bridgehead atoms. The Bertz CT molecular complexity index is 1870. The van der Waals surface area contributed by atoms with Crippen LogP contribution in [-0.4, -0.2) is 96.7 Å². The van der Waals surface area contributed by atoms with Gasteiger partial charge in [0.25, 0.3) is 0 Å². The van der Waals surface area contributed by atoms with Crippen LogP contribution in [0, 0.1) is 5.92 Å². The molecule has 0 fully saturated rings. The normalized spacial score (nSPS) is 13.9. The smallest absolute Gasteiger partial charge is 0.462 e. The SMILES string of the molecule is CCCCCCCCCCCCCCCCCCCCC(=O)OC[C@H](COP(=O)(O)OC[C@@H](O)COP(=O)(O)OC[C@@H](COC(=O)CCCCCCCCCC(C)C)OC(=O)CCCCCCCCCCCCCC)OC(=O)CCCCCCCCCCCCCCCCCCCC. The summed E-state index contributed by atoms with van der Waals surface area (Å²) in [6.45, 7) is 7.26. The van der Waals surface area contributed by atoms with Gasteiger partial charge in [-0.1, -0.05) is 369 Å². The molecule has 0 aromatic heterocycles. The summed E-state index contributed by atoms with van der Waals surface area (Å²) >= 11 is 0. The largest absolute Gasteiger partial charge is 0.472 e. The van der Waals surface area contributed by atoms with Gasteiger partial charge >= 0.3 is 39.5 Å². The average molecular weight is 1440 g/mol. The van der Waals surface area contributed by atoms with E-state index in [-0.39, 0.29) is 25.7 Å². The van der Waals surface area contributed by atoms with Crippen LogP contribution >= 0.6 is 15.6 Å². The van der Waals surface area contributed by atoms with Crippen molar-refractivity contribution in [3.63, 3.8) is 0 Å². The molecule has 3 N–H and O–H groups in total. The predicted molar refractivity (Wildman–Crippen MR) is 400 cm³/mol. The van der Waals surface area contributed by atoms with Gasteiger partial charge in [-0.05, 0) is 31.6 Å². The standard InChI is InChI=1S/C79H154O17P2/c1-6-9-12-15-18-21-24-27-29-31-33-35-37-40-42-47-52-57-62-76(81)89-68-74(95-79(84)65-60-55-49-44-41-38-36-34-32-30-28-25-22-19-16-13-10-7-2)70-93-97(85,86)91-66-73(80)67-92-98(87,88)94-71-75(69-90-77(82)63-58-53-50-45-46-51-56-61-72(4)5)96-78(83)64-59-54-48-43-39-26-23-20-17-14-11-8-3/h72-75,80H,6-71H2,1-5H3,(H,85,86)(H,87,88)/t73-,74-,75-/m1/s1.